The molecule has 0 saturated heterocycles. The minimum atomic E-state index is -4.11. The van der Waals surface area contributed by atoms with Crippen molar-refractivity contribution in [3.8, 4) is 0 Å². The normalized spacial score (nSPS) is 15.0. The van der Waals surface area contributed by atoms with Gasteiger partial charge in [0.1, 0.15) is 0 Å². The Morgan fingerprint density at radius 3 is 2.50 bits per heavy atom. The Morgan fingerprint density at radius 2 is 2.00 bits per heavy atom. The van der Waals surface area contributed by atoms with Crippen molar-refractivity contribution in [3.63, 3.8) is 0 Å². The van der Waals surface area contributed by atoms with Crippen LogP contribution >= 0.6 is 0 Å². The number of aliphatic hydroxyl groups excluding tert-OH is 1. The number of benzene rings is 1. The molecule has 5 nitrogen and oxygen atoms in total. The van der Waals surface area contributed by atoms with E-state index in [9.17, 15) is 3.74 Å². The van der Waals surface area contributed by atoms with E-state index in [1.807, 2.05) is 0 Å². The summed E-state index contributed by atoms with van der Waals surface area (Å²) in [6.45, 7) is -0.274. The van der Waals surface area contributed by atoms with E-state index in [2.05, 4.69) is 3.83 Å². The van der Waals surface area contributed by atoms with Gasteiger partial charge in [0.2, 0.25) is 0 Å². The van der Waals surface area contributed by atoms with E-state index in [0.717, 1.165) is 0 Å². The van der Waals surface area contributed by atoms with Crippen molar-refractivity contribution in [2.45, 2.75) is 0 Å². The maximum atomic E-state index is 11.9. The average Bonchev–Trinajstić information content (AvgIpc) is 2.27. The Hall–Kier alpha value is -0.582. The summed E-state index contributed by atoms with van der Waals surface area (Å²) in [5, 5.41) is 8.54. The van der Waals surface area contributed by atoms with Crippen LogP contribution < -0.4 is 10.2 Å². The first-order chi connectivity index (χ1) is 6.73. The molecule has 1 atom stereocenters. The van der Waals surface area contributed by atoms with Gasteiger partial charge in [0, 0.05) is 0 Å². The molecule has 0 aromatic heterocycles. The molecule has 0 aliphatic rings. The number of hydrogen-bond donors (Lipinski definition) is 2. The molecule has 0 aliphatic carbocycles. The monoisotopic (exact) mass is 261 g/mol. The second-order valence-electron chi connectivity index (χ2n) is 2.50. The third kappa shape index (κ3) is 2.70. The molecule has 3 N–H and O–H groups in total. The molecule has 0 aliphatic heterocycles. The molecular weight excluding hydrogens is 249 g/mol. The summed E-state index contributed by atoms with van der Waals surface area (Å²) in [4.78, 5) is 0. The maximum absolute atomic E-state index is 11.9. The molecule has 0 saturated carbocycles. The Balaban J connectivity index is 2.85. The van der Waals surface area contributed by atoms with Crippen LogP contribution in [0.5, 0.6) is 0 Å². The predicted octanol–water partition coefficient (Wildman–Crippen LogP) is -0.838. The molecule has 1 aromatic carbocycles. The van der Waals surface area contributed by atoms with Gasteiger partial charge in [0.25, 0.3) is 0 Å². The number of nitrogens with two attached hydrogens (primary N) is 1. The van der Waals surface area contributed by atoms with Gasteiger partial charge in [-0.05, 0) is 0 Å². The molecule has 78 valence electrons. The second kappa shape index (κ2) is 5.34. The van der Waals surface area contributed by atoms with Crippen molar-refractivity contribution < 1.29 is 16.4 Å². The van der Waals surface area contributed by atoms with Gasteiger partial charge in [-0.2, -0.15) is 0 Å². The van der Waals surface area contributed by atoms with Crippen molar-refractivity contribution in [1.82, 2.24) is 0 Å². The van der Waals surface area contributed by atoms with E-state index in [1.54, 1.807) is 30.3 Å². The van der Waals surface area contributed by atoms with Gasteiger partial charge in [0.05, 0.1) is 0 Å². The van der Waals surface area contributed by atoms with E-state index in [-0.39, 0.29) is 13.2 Å². The average molecular weight is 261 g/mol. The summed E-state index contributed by atoms with van der Waals surface area (Å²) in [6, 6.07) is 8.44. The SMILES string of the molecule is NO[As](=O)(OCCO)c1ccccc1. The minimum absolute atomic E-state index is 0.0530. The number of rotatable bonds is 5. The van der Waals surface area contributed by atoms with Crippen molar-refractivity contribution in [2.24, 2.45) is 5.90 Å². The molecular formula is C8H12AsNO4. The summed E-state index contributed by atoms with van der Waals surface area (Å²) >= 11 is -4.11. The summed E-state index contributed by atoms with van der Waals surface area (Å²) in [6.07, 6.45) is 0. The van der Waals surface area contributed by atoms with Crippen LogP contribution in [0.3, 0.4) is 0 Å². The van der Waals surface area contributed by atoms with E-state index >= 15 is 0 Å². The van der Waals surface area contributed by atoms with Crippen LogP contribution in [-0.2, 0) is 11.3 Å². The fourth-order valence-electron chi connectivity index (χ4n) is 0.937. The summed E-state index contributed by atoms with van der Waals surface area (Å²) in [7, 11) is 0. The van der Waals surface area contributed by atoms with Gasteiger partial charge in [-0.25, -0.2) is 0 Å². The van der Waals surface area contributed by atoms with E-state index in [0.29, 0.717) is 4.35 Å². The molecule has 0 amide bonds. The fraction of sp³-hybridized carbons (Fsp3) is 0.250. The van der Waals surface area contributed by atoms with Crippen LogP contribution in [0.25, 0.3) is 0 Å². The van der Waals surface area contributed by atoms with Crippen LogP contribution in [0, 0.1) is 0 Å². The van der Waals surface area contributed by atoms with E-state index in [4.69, 9.17) is 14.7 Å². The topological polar surface area (TPSA) is 81.8 Å². The zero-order valence-electron chi connectivity index (χ0n) is 7.50. The Bertz CT molecular complexity index is 316. The van der Waals surface area contributed by atoms with Crippen LogP contribution in [0.4, 0.5) is 0 Å². The van der Waals surface area contributed by atoms with Crippen LogP contribution in [0.1, 0.15) is 0 Å². The van der Waals surface area contributed by atoms with Gasteiger partial charge in [0.15, 0.2) is 0 Å². The summed E-state index contributed by atoms with van der Waals surface area (Å²) in [5.41, 5.74) is 0. The first-order valence-corrected chi connectivity index (χ1v) is 7.26. The Labute approximate surface area is 84.8 Å². The van der Waals surface area contributed by atoms with Crippen molar-refractivity contribution in [3.05, 3.63) is 30.3 Å². The first-order valence-electron chi connectivity index (χ1n) is 4.02. The first kappa shape index (κ1) is 11.5. The second-order valence-corrected chi connectivity index (χ2v) is 6.65. The Morgan fingerprint density at radius 1 is 1.36 bits per heavy atom. The van der Waals surface area contributed by atoms with Gasteiger partial charge in [-0.15, -0.1) is 0 Å². The van der Waals surface area contributed by atoms with Crippen molar-refractivity contribution >= 4 is 18.5 Å². The van der Waals surface area contributed by atoms with Gasteiger partial charge in [-0.1, -0.05) is 0 Å². The van der Waals surface area contributed by atoms with Crippen LogP contribution in [0.2, 0.25) is 0 Å². The zero-order valence-corrected chi connectivity index (χ0v) is 9.37. The number of aliphatic hydroxyl groups is 1. The quantitative estimate of drug-likeness (QED) is 0.533. The molecule has 1 rings (SSSR count). The zero-order chi connectivity index (χ0) is 10.4. The summed E-state index contributed by atoms with van der Waals surface area (Å²) < 4.78 is 21.7. The van der Waals surface area contributed by atoms with Crippen molar-refractivity contribution in [2.75, 3.05) is 13.2 Å². The van der Waals surface area contributed by atoms with Crippen LogP contribution in [-0.4, -0.2) is 32.5 Å². The van der Waals surface area contributed by atoms with Gasteiger partial charge in [-0.3, -0.25) is 0 Å². The molecule has 0 bridgehead atoms. The van der Waals surface area contributed by atoms with Crippen molar-refractivity contribution in [1.29, 1.82) is 0 Å². The molecule has 6 heteroatoms. The molecule has 0 radical (unpaired) electrons. The summed E-state index contributed by atoms with van der Waals surface area (Å²) in [5.74, 6) is 4.94. The molecule has 0 fully saturated rings. The molecule has 1 unspecified atom stereocenters. The van der Waals surface area contributed by atoms with E-state index < -0.39 is 14.2 Å². The molecule has 0 heterocycles. The van der Waals surface area contributed by atoms with E-state index in [1.165, 1.54) is 0 Å². The fourth-order valence-corrected chi connectivity index (χ4v) is 3.44. The predicted molar refractivity (Wildman–Crippen MR) is 50.8 cm³/mol. The third-order valence-electron chi connectivity index (χ3n) is 1.56. The number of hydrogen-bond acceptors (Lipinski definition) is 5. The Kier molecular flexibility index (Phi) is 4.38. The molecule has 14 heavy (non-hydrogen) atoms. The van der Waals surface area contributed by atoms with Gasteiger partial charge >= 0.3 is 84.4 Å². The molecule has 0 spiro atoms. The van der Waals surface area contributed by atoms with Gasteiger partial charge < -0.3 is 0 Å². The third-order valence-corrected chi connectivity index (χ3v) is 5.19. The van der Waals surface area contributed by atoms with Crippen LogP contribution in [0.15, 0.2) is 30.3 Å². The molecule has 1 aromatic rings. The standard InChI is InChI=1S/C8H12AsNO4/c10-14-9(12,13-7-6-11)8-4-2-1-3-5-8/h1-5,11H,6-7,10H2.